The van der Waals surface area contributed by atoms with Gasteiger partial charge < -0.3 is 10.1 Å². The summed E-state index contributed by atoms with van der Waals surface area (Å²) in [5, 5.41) is 10.3. The zero-order valence-electron chi connectivity index (χ0n) is 10.4. The molecule has 0 aliphatic rings. The Hall–Kier alpha value is -2.20. The lowest BCUT2D eigenvalue weighted by molar-refractivity contribution is 0.211. The number of aliphatic hydroxyl groups is 1. The number of halogens is 1. The highest BCUT2D eigenvalue weighted by atomic mass is 19.1. The van der Waals surface area contributed by atoms with Crippen molar-refractivity contribution >= 4 is 11.0 Å². The molecule has 0 bridgehead atoms. The van der Waals surface area contributed by atoms with Gasteiger partial charge in [-0.3, -0.25) is 0 Å². The van der Waals surface area contributed by atoms with Gasteiger partial charge in [0.15, 0.2) is 0 Å². The van der Waals surface area contributed by atoms with E-state index in [1.807, 2.05) is 31.2 Å². The molecule has 0 radical (unpaired) electrons. The van der Waals surface area contributed by atoms with E-state index in [0.717, 1.165) is 11.1 Å². The van der Waals surface area contributed by atoms with E-state index in [4.69, 9.17) is 0 Å². The number of benzene rings is 2. The molecule has 2 aromatic carbocycles. The van der Waals surface area contributed by atoms with Gasteiger partial charge in [0.25, 0.3) is 0 Å². The van der Waals surface area contributed by atoms with Crippen LogP contribution in [0.3, 0.4) is 0 Å². The maximum absolute atomic E-state index is 13.1. The third kappa shape index (κ3) is 2.22. The van der Waals surface area contributed by atoms with Crippen LogP contribution in [0.25, 0.3) is 11.0 Å². The number of aromatic nitrogens is 2. The van der Waals surface area contributed by atoms with Crippen LogP contribution in [0.15, 0.2) is 42.5 Å². The fourth-order valence-corrected chi connectivity index (χ4v) is 2.03. The number of fused-ring (bicyclic) bond motifs is 1. The smallest absolute Gasteiger partial charge is 0.140 e. The largest absolute Gasteiger partial charge is 0.380 e. The Morgan fingerprint density at radius 1 is 1.16 bits per heavy atom. The molecule has 1 aromatic heterocycles. The van der Waals surface area contributed by atoms with Gasteiger partial charge in [0.2, 0.25) is 0 Å². The molecule has 96 valence electrons. The van der Waals surface area contributed by atoms with Crippen molar-refractivity contribution in [1.82, 2.24) is 9.97 Å². The molecule has 2 N–H and O–H groups in total. The Bertz CT molecular complexity index is 719. The van der Waals surface area contributed by atoms with Crippen LogP contribution in [0.1, 0.15) is 23.1 Å². The van der Waals surface area contributed by atoms with Gasteiger partial charge in [0.05, 0.1) is 11.0 Å². The minimum absolute atomic E-state index is 0.338. The SMILES string of the molecule is Cc1ccc(C(O)c2nc3cc(F)ccc3[nH]2)cc1. The Morgan fingerprint density at radius 2 is 1.89 bits per heavy atom. The van der Waals surface area contributed by atoms with Crippen molar-refractivity contribution in [3.63, 3.8) is 0 Å². The van der Waals surface area contributed by atoms with Crippen molar-refractivity contribution in [2.24, 2.45) is 0 Å². The summed E-state index contributed by atoms with van der Waals surface area (Å²) < 4.78 is 13.1. The summed E-state index contributed by atoms with van der Waals surface area (Å²) in [7, 11) is 0. The molecule has 1 unspecified atom stereocenters. The van der Waals surface area contributed by atoms with E-state index >= 15 is 0 Å². The summed E-state index contributed by atoms with van der Waals surface area (Å²) in [6.45, 7) is 1.99. The topological polar surface area (TPSA) is 48.9 Å². The van der Waals surface area contributed by atoms with Crippen molar-refractivity contribution in [3.8, 4) is 0 Å². The zero-order chi connectivity index (χ0) is 13.4. The molecule has 0 spiro atoms. The number of aryl methyl sites for hydroxylation is 1. The maximum Gasteiger partial charge on any atom is 0.140 e. The minimum Gasteiger partial charge on any atom is -0.380 e. The second-order valence-corrected chi connectivity index (χ2v) is 4.60. The molecule has 1 heterocycles. The van der Waals surface area contributed by atoms with E-state index in [9.17, 15) is 9.50 Å². The first kappa shape index (κ1) is 11.9. The number of aromatic amines is 1. The van der Waals surface area contributed by atoms with Gasteiger partial charge in [-0.15, -0.1) is 0 Å². The van der Waals surface area contributed by atoms with Gasteiger partial charge in [-0.1, -0.05) is 29.8 Å². The zero-order valence-corrected chi connectivity index (χ0v) is 10.4. The van der Waals surface area contributed by atoms with Gasteiger partial charge in [0.1, 0.15) is 17.7 Å². The van der Waals surface area contributed by atoms with Gasteiger partial charge in [-0.25, -0.2) is 9.37 Å². The molecule has 0 aliphatic carbocycles. The molecule has 0 saturated carbocycles. The average molecular weight is 256 g/mol. The van der Waals surface area contributed by atoms with Crippen LogP contribution in [0.5, 0.6) is 0 Å². The van der Waals surface area contributed by atoms with Crippen LogP contribution < -0.4 is 0 Å². The molecule has 19 heavy (non-hydrogen) atoms. The Balaban J connectivity index is 2.01. The van der Waals surface area contributed by atoms with E-state index < -0.39 is 6.10 Å². The molecule has 3 aromatic rings. The second kappa shape index (κ2) is 4.48. The molecule has 0 fully saturated rings. The molecule has 1 atom stereocenters. The number of nitrogens with one attached hydrogen (secondary N) is 1. The van der Waals surface area contributed by atoms with Crippen molar-refractivity contribution in [3.05, 3.63) is 65.2 Å². The fraction of sp³-hybridized carbons (Fsp3) is 0.133. The molecular formula is C15H13FN2O. The number of hydrogen-bond acceptors (Lipinski definition) is 2. The molecule has 0 saturated heterocycles. The predicted octanol–water partition coefficient (Wildman–Crippen LogP) is 3.09. The first-order valence-corrected chi connectivity index (χ1v) is 6.03. The third-order valence-electron chi connectivity index (χ3n) is 3.12. The number of aliphatic hydroxyl groups excluding tert-OH is 1. The fourth-order valence-electron chi connectivity index (χ4n) is 2.03. The molecule has 0 amide bonds. The van der Waals surface area contributed by atoms with E-state index in [1.54, 1.807) is 6.07 Å². The Kier molecular flexibility index (Phi) is 2.80. The van der Waals surface area contributed by atoms with Crippen molar-refractivity contribution < 1.29 is 9.50 Å². The van der Waals surface area contributed by atoms with Gasteiger partial charge in [-0.2, -0.15) is 0 Å². The first-order valence-electron chi connectivity index (χ1n) is 6.03. The van der Waals surface area contributed by atoms with Crippen molar-refractivity contribution in [2.75, 3.05) is 0 Å². The Labute approximate surface area is 109 Å². The maximum atomic E-state index is 13.1. The minimum atomic E-state index is -0.837. The summed E-state index contributed by atoms with van der Waals surface area (Å²) in [6, 6.07) is 11.9. The summed E-state index contributed by atoms with van der Waals surface area (Å²) in [6.07, 6.45) is -0.837. The van der Waals surface area contributed by atoms with Crippen LogP contribution in [0, 0.1) is 12.7 Å². The highest BCUT2D eigenvalue weighted by molar-refractivity contribution is 5.75. The normalized spacial score (nSPS) is 12.8. The second-order valence-electron chi connectivity index (χ2n) is 4.60. The summed E-state index contributed by atoms with van der Waals surface area (Å²) >= 11 is 0. The lowest BCUT2D eigenvalue weighted by atomic mass is 10.1. The molecular weight excluding hydrogens is 243 g/mol. The molecule has 4 heteroatoms. The van der Waals surface area contributed by atoms with Crippen molar-refractivity contribution in [2.45, 2.75) is 13.0 Å². The van der Waals surface area contributed by atoms with E-state index in [-0.39, 0.29) is 5.82 Å². The number of imidazole rings is 1. The van der Waals surface area contributed by atoms with Crippen LogP contribution in [-0.2, 0) is 0 Å². The van der Waals surface area contributed by atoms with E-state index in [2.05, 4.69) is 9.97 Å². The Morgan fingerprint density at radius 3 is 2.63 bits per heavy atom. The average Bonchev–Trinajstić information content (AvgIpc) is 2.81. The van der Waals surface area contributed by atoms with Crippen LogP contribution in [0.4, 0.5) is 4.39 Å². The van der Waals surface area contributed by atoms with Gasteiger partial charge in [-0.05, 0) is 24.6 Å². The predicted molar refractivity (Wildman–Crippen MR) is 71.3 cm³/mol. The van der Waals surface area contributed by atoms with Crippen LogP contribution in [0.2, 0.25) is 0 Å². The lowest BCUT2D eigenvalue weighted by Crippen LogP contribution is -2.01. The van der Waals surface area contributed by atoms with Gasteiger partial charge in [0, 0.05) is 6.07 Å². The number of H-pyrrole nitrogens is 1. The van der Waals surface area contributed by atoms with Gasteiger partial charge >= 0.3 is 0 Å². The third-order valence-corrected chi connectivity index (χ3v) is 3.12. The summed E-state index contributed by atoms with van der Waals surface area (Å²) in [5.74, 6) is 0.0832. The number of hydrogen-bond donors (Lipinski definition) is 2. The van der Waals surface area contributed by atoms with Crippen LogP contribution >= 0.6 is 0 Å². The molecule has 0 aliphatic heterocycles. The van der Waals surface area contributed by atoms with E-state index in [1.165, 1.54) is 12.1 Å². The lowest BCUT2D eigenvalue weighted by Gasteiger charge is -2.07. The molecule has 3 nitrogen and oxygen atoms in total. The van der Waals surface area contributed by atoms with Crippen molar-refractivity contribution in [1.29, 1.82) is 0 Å². The quantitative estimate of drug-likeness (QED) is 0.740. The number of rotatable bonds is 2. The first-order chi connectivity index (χ1) is 9.13. The number of nitrogens with zero attached hydrogens (tertiary/aromatic N) is 1. The summed E-state index contributed by atoms with van der Waals surface area (Å²) in [4.78, 5) is 7.23. The highest BCUT2D eigenvalue weighted by Gasteiger charge is 2.14. The van der Waals surface area contributed by atoms with Crippen LogP contribution in [-0.4, -0.2) is 15.1 Å². The monoisotopic (exact) mass is 256 g/mol. The van der Waals surface area contributed by atoms with E-state index in [0.29, 0.717) is 16.9 Å². The summed E-state index contributed by atoms with van der Waals surface area (Å²) in [5.41, 5.74) is 3.11. The highest BCUT2D eigenvalue weighted by Crippen LogP contribution is 2.22. The standard InChI is InChI=1S/C15H13FN2O/c1-9-2-4-10(5-3-9)14(19)15-17-12-7-6-11(16)8-13(12)18-15/h2-8,14,19H,1H3,(H,17,18). The molecule has 3 rings (SSSR count).